The van der Waals surface area contributed by atoms with Crippen LogP contribution in [0.2, 0.25) is 0 Å². The van der Waals surface area contributed by atoms with E-state index in [9.17, 15) is 0 Å². The highest BCUT2D eigenvalue weighted by molar-refractivity contribution is 5.89. The fourth-order valence-corrected chi connectivity index (χ4v) is 1.76. The van der Waals surface area contributed by atoms with Crippen LogP contribution in [-0.2, 0) is 6.42 Å². The third-order valence-corrected chi connectivity index (χ3v) is 2.58. The molecule has 0 bridgehead atoms. The normalized spacial score (nSPS) is 15.8. The highest BCUT2D eigenvalue weighted by Crippen LogP contribution is 2.12. The number of hydrogen-bond acceptors (Lipinski definition) is 2. The zero-order chi connectivity index (χ0) is 10.5. The standard InChI is InChI=1S/C13H15NO/c15-10-12-6-7-14-13(9-12)8-11-4-2-1-3-5-11/h1-6,15H,7-10H2. The number of nitrogens with zero attached hydrogens (tertiary/aromatic N) is 1. The van der Waals surface area contributed by atoms with Gasteiger partial charge in [0.05, 0.1) is 13.2 Å². The zero-order valence-electron chi connectivity index (χ0n) is 8.69. The van der Waals surface area contributed by atoms with Gasteiger partial charge in [-0.05, 0) is 11.1 Å². The van der Waals surface area contributed by atoms with E-state index in [4.69, 9.17) is 5.11 Å². The minimum Gasteiger partial charge on any atom is -0.392 e. The van der Waals surface area contributed by atoms with Gasteiger partial charge in [-0.25, -0.2) is 0 Å². The van der Waals surface area contributed by atoms with Gasteiger partial charge in [-0.2, -0.15) is 0 Å². The summed E-state index contributed by atoms with van der Waals surface area (Å²) in [5.41, 5.74) is 3.55. The van der Waals surface area contributed by atoms with Crippen molar-refractivity contribution in [2.45, 2.75) is 12.8 Å². The Balaban J connectivity index is 1.99. The average Bonchev–Trinajstić information content (AvgIpc) is 2.31. The number of rotatable bonds is 3. The Kier molecular flexibility index (Phi) is 3.30. The molecule has 0 aliphatic carbocycles. The Bertz CT molecular complexity index is 379. The first kappa shape index (κ1) is 10.1. The minimum atomic E-state index is 0.161. The Morgan fingerprint density at radius 3 is 2.73 bits per heavy atom. The number of dihydropyridines is 1. The molecule has 1 aliphatic rings. The first-order valence-corrected chi connectivity index (χ1v) is 5.23. The molecule has 0 atom stereocenters. The second-order valence-electron chi connectivity index (χ2n) is 3.77. The molecule has 1 aliphatic heterocycles. The van der Waals surface area contributed by atoms with Crippen molar-refractivity contribution in [1.29, 1.82) is 0 Å². The van der Waals surface area contributed by atoms with E-state index in [1.807, 2.05) is 24.3 Å². The summed E-state index contributed by atoms with van der Waals surface area (Å²) in [7, 11) is 0. The number of hydrogen-bond donors (Lipinski definition) is 1. The van der Waals surface area contributed by atoms with Gasteiger partial charge in [-0.1, -0.05) is 36.4 Å². The Morgan fingerprint density at radius 1 is 1.20 bits per heavy atom. The molecule has 1 aromatic carbocycles. The van der Waals surface area contributed by atoms with E-state index in [0.29, 0.717) is 0 Å². The SMILES string of the molecule is OCC1=CCN=C(Cc2ccccc2)C1. The van der Waals surface area contributed by atoms with Crippen LogP contribution in [0.4, 0.5) is 0 Å². The average molecular weight is 201 g/mol. The van der Waals surface area contributed by atoms with Crippen molar-refractivity contribution in [3.8, 4) is 0 Å². The van der Waals surface area contributed by atoms with Crippen LogP contribution in [0.1, 0.15) is 12.0 Å². The van der Waals surface area contributed by atoms with Gasteiger partial charge in [0, 0.05) is 18.6 Å². The third-order valence-electron chi connectivity index (χ3n) is 2.58. The second kappa shape index (κ2) is 4.89. The largest absolute Gasteiger partial charge is 0.392 e. The monoisotopic (exact) mass is 201 g/mol. The Hall–Kier alpha value is -1.41. The molecule has 0 radical (unpaired) electrons. The van der Waals surface area contributed by atoms with Crippen LogP contribution in [0, 0.1) is 0 Å². The summed E-state index contributed by atoms with van der Waals surface area (Å²) < 4.78 is 0. The summed E-state index contributed by atoms with van der Waals surface area (Å²) in [4.78, 5) is 4.45. The van der Waals surface area contributed by atoms with Crippen LogP contribution < -0.4 is 0 Å². The Morgan fingerprint density at radius 2 is 2.00 bits per heavy atom. The third kappa shape index (κ3) is 2.77. The highest BCUT2D eigenvalue weighted by atomic mass is 16.3. The molecule has 2 heteroatoms. The van der Waals surface area contributed by atoms with Gasteiger partial charge in [0.25, 0.3) is 0 Å². The lowest BCUT2D eigenvalue weighted by molar-refractivity contribution is 0.329. The zero-order valence-corrected chi connectivity index (χ0v) is 8.69. The summed E-state index contributed by atoms with van der Waals surface area (Å²) in [6.07, 6.45) is 3.73. The van der Waals surface area contributed by atoms with Crippen LogP contribution in [0.25, 0.3) is 0 Å². The van der Waals surface area contributed by atoms with Gasteiger partial charge in [-0.3, -0.25) is 4.99 Å². The van der Waals surface area contributed by atoms with Gasteiger partial charge in [0.15, 0.2) is 0 Å². The number of aliphatic hydroxyl groups is 1. The molecule has 2 rings (SSSR count). The van der Waals surface area contributed by atoms with Gasteiger partial charge < -0.3 is 5.11 Å². The molecule has 15 heavy (non-hydrogen) atoms. The molecular weight excluding hydrogens is 186 g/mol. The molecule has 0 unspecified atom stereocenters. The van der Waals surface area contributed by atoms with E-state index in [-0.39, 0.29) is 6.61 Å². The molecule has 1 N–H and O–H groups in total. The molecule has 0 amide bonds. The number of aliphatic hydroxyl groups excluding tert-OH is 1. The van der Waals surface area contributed by atoms with Crippen molar-refractivity contribution < 1.29 is 5.11 Å². The van der Waals surface area contributed by atoms with Crippen molar-refractivity contribution in [3.63, 3.8) is 0 Å². The van der Waals surface area contributed by atoms with Crippen LogP contribution in [0.3, 0.4) is 0 Å². The molecule has 0 fully saturated rings. The molecule has 0 saturated heterocycles. The summed E-state index contributed by atoms with van der Waals surface area (Å²) in [5, 5.41) is 9.05. The van der Waals surface area contributed by atoms with E-state index in [2.05, 4.69) is 17.1 Å². The van der Waals surface area contributed by atoms with E-state index in [0.717, 1.165) is 25.0 Å². The molecule has 1 aromatic rings. The van der Waals surface area contributed by atoms with Crippen LogP contribution in [0.15, 0.2) is 47.0 Å². The minimum absolute atomic E-state index is 0.161. The first-order chi connectivity index (χ1) is 7.38. The quantitative estimate of drug-likeness (QED) is 0.745. The number of benzene rings is 1. The van der Waals surface area contributed by atoms with E-state index in [1.54, 1.807) is 0 Å². The summed E-state index contributed by atoms with van der Waals surface area (Å²) in [6.45, 7) is 0.881. The lowest BCUT2D eigenvalue weighted by atomic mass is 10.0. The maximum atomic E-state index is 9.05. The predicted molar refractivity (Wildman–Crippen MR) is 62.2 cm³/mol. The Labute approximate surface area is 90.0 Å². The maximum absolute atomic E-state index is 9.05. The molecule has 78 valence electrons. The summed E-state index contributed by atoms with van der Waals surface area (Å²) in [6, 6.07) is 10.3. The van der Waals surface area contributed by atoms with Crippen molar-refractivity contribution in [1.82, 2.24) is 0 Å². The lowest BCUT2D eigenvalue weighted by Gasteiger charge is -2.12. The molecule has 0 saturated carbocycles. The van der Waals surface area contributed by atoms with Crippen molar-refractivity contribution >= 4 is 5.71 Å². The van der Waals surface area contributed by atoms with Gasteiger partial charge in [-0.15, -0.1) is 0 Å². The van der Waals surface area contributed by atoms with E-state index in [1.165, 1.54) is 11.3 Å². The second-order valence-corrected chi connectivity index (χ2v) is 3.77. The van der Waals surface area contributed by atoms with Gasteiger partial charge in [0.2, 0.25) is 0 Å². The molecular formula is C13H15NO. The van der Waals surface area contributed by atoms with Crippen LogP contribution >= 0.6 is 0 Å². The molecule has 2 nitrogen and oxygen atoms in total. The van der Waals surface area contributed by atoms with Crippen molar-refractivity contribution in [2.24, 2.45) is 4.99 Å². The predicted octanol–water partition coefficient (Wildman–Crippen LogP) is 1.99. The fraction of sp³-hybridized carbons (Fsp3) is 0.308. The molecule has 0 aromatic heterocycles. The van der Waals surface area contributed by atoms with E-state index >= 15 is 0 Å². The van der Waals surface area contributed by atoms with Gasteiger partial charge >= 0.3 is 0 Å². The smallest absolute Gasteiger partial charge is 0.0646 e. The van der Waals surface area contributed by atoms with Crippen LogP contribution in [0.5, 0.6) is 0 Å². The molecule has 0 spiro atoms. The molecule has 1 heterocycles. The highest BCUT2D eigenvalue weighted by Gasteiger charge is 2.08. The van der Waals surface area contributed by atoms with Crippen LogP contribution in [-0.4, -0.2) is 24.0 Å². The van der Waals surface area contributed by atoms with Crippen molar-refractivity contribution in [3.05, 3.63) is 47.5 Å². The first-order valence-electron chi connectivity index (χ1n) is 5.23. The fourth-order valence-electron chi connectivity index (χ4n) is 1.76. The summed E-state index contributed by atoms with van der Waals surface area (Å²) in [5.74, 6) is 0. The lowest BCUT2D eigenvalue weighted by Crippen LogP contribution is -2.11. The maximum Gasteiger partial charge on any atom is 0.0646 e. The topological polar surface area (TPSA) is 32.6 Å². The van der Waals surface area contributed by atoms with Crippen molar-refractivity contribution in [2.75, 3.05) is 13.2 Å². The number of aliphatic imine (C=N–C) groups is 1. The summed E-state index contributed by atoms with van der Waals surface area (Å²) >= 11 is 0. The van der Waals surface area contributed by atoms with Gasteiger partial charge in [0.1, 0.15) is 0 Å². The van der Waals surface area contributed by atoms with E-state index < -0.39 is 0 Å².